The Morgan fingerprint density at radius 1 is 1.31 bits per heavy atom. The minimum atomic E-state index is -2.79. The number of rotatable bonds is 5. The van der Waals surface area contributed by atoms with Crippen LogP contribution in [0.25, 0.3) is 0 Å². The fraction of sp³-hybridized carbons (Fsp3) is 0.455. The Morgan fingerprint density at radius 2 is 1.88 bits per heavy atom. The summed E-state index contributed by atoms with van der Waals surface area (Å²) < 4.78 is 28.0. The molecule has 1 aromatic carbocycles. The molecule has 0 heterocycles. The highest BCUT2D eigenvalue weighted by Gasteiger charge is 2.09. The second-order valence-electron chi connectivity index (χ2n) is 4.25. The second-order valence-corrected chi connectivity index (χ2v) is 4.25. The molecule has 0 aliphatic rings. The Hall–Kier alpha value is -1.36. The van der Waals surface area contributed by atoms with Crippen LogP contribution in [0.2, 0.25) is 0 Å². The highest BCUT2D eigenvalue weighted by molar-refractivity contribution is 5.46. The minimum Gasteiger partial charge on any atom is -0.435 e. The lowest BCUT2D eigenvalue weighted by Gasteiger charge is -2.19. The molecule has 16 heavy (non-hydrogen) atoms. The summed E-state index contributed by atoms with van der Waals surface area (Å²) >= 11 is 0. The molecule has 0 bridgehead atoms. The van der Waals surface area contributed by atoms with Gasteiger partial charge in [0.15, 0.2) is 0 Å². The number of alkyl halides is 2. The smallest absolute Gasteiger partial charge is 0.387 e. The van der Waals surface area contributed by atoms with E-state index in [0.29, 0.717) is 6.54 Å². The number of hydrogen-bond acceptors (Lipinski definition) is 3. The van der Waals surface area contributed by atoms with Gasteiger partial charge in [-0.3, -0.25) is 0 Å². The van der Waals surface area contributed by atoms with E-state index in [-0.39, 0.29) is 11.3 Å². The van der Waals surface area contributed by atoms with E-state index >= 15 is 0 Å². The Labute approximate surface area is 93.6 Å². The molecular formula is C11H16F2N2O. The first-order chi connectivity index (χ1) is 7.37. The monoisotopic (exact) mass is 230 g/mol. The van der Waals surface area contributed by atoms with Crippen molar-refractivity contribution in [3.8, 4) is 5.75 Å². The Bertz CT molecular complexity index is 320. The molecule has 1 rings (SSSR count). The average Bonchev–Trinajstić information content (AvgIpc) is 2.14. The lowest BCUT2D eigenvalue weighted by Crippen LogP contribution is -2.39. The Balaban J connectivity index is 2.51. The zero-order valence-electron chi connectivity index (χ0n) is 9.34. The van der Waals surface area contributed by atoms with E-state index in [2.05, 4.69) is 10.1 Å². The molecule has 0 aromatic heterocycles. The number of anilines is 1. The van der Waals surface area contributed by atoms with E-state index < -0.39 is 6.61 Å². The normalized spacial score (nSPS) is 11.6. The van der Waals surface area contributed by atoms with E-state index in [1.165, 1.54) is 12.1 Å². The van der Waals surface area contributed by atoms with Gasteiger partial charge in [-0.2, -0.15) is 8.78 Å². The van der Waals surface area contributed by atoms with Gasteiger partial charge in [-0.05, 0) is 38.1 Å². The first-order valence-electron chi connectivity index (χ1n) is 4.94. The van der Waals surface area contributed by atoms with Crippen LogP contribution in [0, 0.1) is 0 Å². The van der Waals surface area contributed by atoms with Crippen LogP contribution in [0.1, 0.15) is 13.8 Å². The summed E-state index contributed by atoms with van der Waals surface area (Å²) in [6.07, 6.45) is 0. The summed E-state index contributed by atoms with van der Waals surface area (Å²) in [6, 6.07) is 6.31. The predicted molar refractivity (Wildman–Crippen MR) is 59.8 cm³/mol. The van der Waals surface area contributed by atoms with E-state index in [9.17, 15) is 8.78 Å². The van der Waals surface area contributed by atoms with E-state index in [1.807, 2.05) is 13.8 Å². The van der Waals surface area contributed by atoms with Crippen molar-refractivity contribution >= 4 is 5.69 Å². The van der Waals surface area contributed by atoms with Crippen LogP contribution in [0.15, 0.2) is 24.3 Å². The van der Waals surface area contributed by atoms with Crippen molar-refractivity contribution in [3.05, 3.63) is 24.3 Å². The van der Waals surface area contributed by atoms with Gasteiger partial charge in [0.2, 0.25) is 0 Å². The maximum absolute atomic E-state index is 11.9. The molecule has 3 N–H and O–H groups in total. The number of ether oxygens (including phenoxy) is 1. The molecule has 0 aliphatic carbocycles. The number of halogens is 2. The van der Waals surface area contributed by atoms with Crippen LogP contribution >= 0.6 is 0 Å². The highest BCUT2D eigenvalue weighted by atomic mass is 19.3. The van der Waals surface area contributed by atoms with Crippen molar-refractivity contribution in [1.82, 2.24) is 0 Å². The van der Waals surface area contributed by atoms with Gasteiger partial charge in [-0.1, -0.05) is 0 Å². The van der Waals surface area contributed by atoms with Crippen molar-refractivity contribution in [2.24, 2.45) is 5.73 Å². The largest absolute Gasteiger partial charge is 0.435 e. The molecule has 0 aliphatic heterocycles. The van der Waals surface area contributed by atoms with Gasteiger partial charge < -0.3 is 15.8 Å². The summed E-state index contributed by atoms with van der Waals surface area (Å²) in [5.74, 6) is 0.146. The van der Waals surface area contributed by atoms with Gasteiger partial charge in [0, 0.05) is 17.8 Å². The van der Waals surface area contributed by atoms with E-state index in [1.54, 1.807) is 12.1 Å². The standard InChI is InChI=1S/C11H16F2N2O/c1-11(2,14)7-15-8-3-5-9(6-4-8)16-10(12)13/h3-6,10,15H,7,14H2,1-2H3. The van der Waals surface area contributed by atoms with Gasteiger partial charge in [0.25, 0.3) is 0 Å². The first-order valence-corrected chi connectivity index (χ1v) is 4.94. The molecule has 0 saturated heterocycles. The topological polar surface area (TPSA) is 47.3 Å². The van der Waals surface area contributed by atoms with Crippen LogP contribution in [0.5, 0.6) is 5.75 Å². The van der Waals surface area contributed by atoms with E-state index in [4.69, 9.17) is 5.73 Å². The Kier molecular flexibility index (Phi) is 4.06. The molecule has 0 saturated carbocycles. The van der Waals surface area contributed by atoms with Crippen molar-refractivity contribution in [3.63, 3.8) is 0 Å². The molecule has 0 unspecified atom stereocenters. The van der Waals surface area contributed by atoms with Crippen molar-refractivity contribution < 1.29 is 13.5 Å². The van der Waals surface area contributed by atoms with Gasteiger partial charge in [-0.25, -0.2) is 0 Å². The lowest BCUT2D eigenvalue weighted by molar-refractivity contribution is -0.0498. The molecule has 0 amide bonds. The van der Waals surface area contributed by atoms with Crippen LogP contribution in [-0.4, -0.2) is 18.7 Å². The number of hydrogen-bond donors (Lipinski definition) is 2. The van der Waals surface area contributed by atoms with Crippen LogP contribution in [0.3, 0.4) is 0 Å². The highest BCUT2D eigenvalue weighted by Crippen LogP contribution is 2.17. The van der Waals surface area contributed by atoms with Gasteiger partial charge in [0.05, 0.1) is 0 Å². The van der Waals surface area contributed by atoms with Gasteiger partial charge >= 0.3 is 6.61 Å². The third-order valence-corrected chi connectivity index (χ3v) is 1.83. The van der Waals surface area contributed by atoms with Crippen LogP contribution < -0.4 is 15.8 Å². The molecule has 0 spiro atoms. The Morgan fingerprint density at radius 3 is 2.31 bits per heavy atom. The van der Waals surface area contributed by atoms with Crippen LogP contribution in [-0.2, 0) is 0 Å². The van der Waals surface area contributed by atoms with Crippen molar-refractivity contribution in [1.29, 1.82) is 0 Å². The van der Waals surface area contributed by atoms with Crippen molar-refractivity contribution in [2.45, 2.75) is 26.0 Å². The predicted octanol–water partition coefficient (Wildman–Crippen LogP) is 2.44. The van der Waals surface area contributed by atoms with Gasteiger partial charge in [0.1, 0.15) is 5.75 Å². The molecule has 90 valence electrons. The summed E-state index contributed by atoms with van der Waals surface area (Å²) in [5, 5.41) is 3.10. The lowest BCUT2D eigenvalue weighted by atomic mass is 10.1. The van der Waals surface area contributed by atoms with Crippen LogP contribution in [0.4, 0.5) is 14.5 Å². The molecule has 1 aromatic rings. The van der Waals surface area contributed by atoms with Crippen molar-refractivity contribution in [2.75, 3.05) is 11.9 Å². The molecule has 0 radical (unpaired) electrons. The summed E-state index contributed by atoms with van der Waals surface area (Å²) in [4.78, 5) is 0. The SMILES string of the molecule is CC(C)(N)CNc1ccc(OC(F)F)cc1. The van der Waals surface area contributed by atoms with Gasteiger partial charge in [-0.15, -0.1) is 0 Å². The molecule has 0 atom stereocenters. The minimum absolute atomic E-state index is 0.146. The second kappa shape index (κ2) is 5.12. The summed E-state index contributed by atoms with van der Waals surface area (Å²) in [6.45, 7) is 1.60. The zero-order valence-corrected chi connectivity index (χ0v) is 9.34. The summed E-state index contributed by atoms with van der Waals surface area (Å²) in [5.41, 5.74) is 6.29. The molecule has 0 fully saturated rings. The number of benzene rings is 1. The maximum atomic E-state index is 11.9. The summed E-state index contributed by atoms with van der Waals surface area (Å²) in [7, 11) is 0. The van der Waals surface area contributed by atoms with E-state index in [0.717, 1.165) is 5.69 Å². The first kappa shape index (κ1) is 12.7. The number of nitrogens with one attached hydrogen (secondary N) is 1. The number of nitrogens with two attached hydrogens (primary N) is 1. The third kappa shape index (κ3) is 4.93. The zero-order chi connectivity index (χ0) is 12.2. The molecule has 5 heteroatoms. The quantitative estimate of drug-likeness (QED) is 0.816. The fourth-order valence-electron chi connectivity index (χ4n) is 1.08. The molecular weight excluding hydrogens is 214 g/mol. The average molecular weight is 230 g/mol. The molecule has 3 nitrogen and oxygen atoms in total. The fourth-order valence-corrected chi connectivity index (χ4v) is 1.08. The third-order valence-electron chi connectivity index (χ3n) is 1.83. The maximum Gasteiger partial charge on any atom is 0.387 e.